The predicted octanol–water partition coefficient (Wildman–Crippen LogP) is 3.36. The van der Waals surface area contributed by atoms with E-state index in [-0.39, 0.29) is 23.2 Å². The molecule has 158 valence electrons. The molecule has 3 rings (SSSR count). The number of anilines is 1. The highest BCUT2D eigenvalue weighted by atomic mass is 35.5. The van der Waals surface area contributed by atoms with E-state index >= 15 is 0 Å². The number of carbonyl (C=O) groups excluding carboxylic acids is 1. The number of amides is 1. The Morgan fingerprint density at radius 1 is 1.21 bits per heavy atom. The van der Waals surface area contributed by atoms with Gasteiger partial charge in [0.15, 0.2) is 5.69 Å². The van der Waals surface area contributed by atoms with Gasteiger partial charge in [-0.2, -0.15) is 18.3 Å². The molecule has 0 aliphatic carbocycles. The number of methoxy groups -OCH3 is 1. The van der Waals surface area contributed by atoms with Gasteiger partial charge in [0.05, 0.1) is 17.8 Å². The number of nitrogens with zero attached hydrogens (tertiary/aromatic N) is 4. The van der Waals surface area contributed by atoms with Gasteiger partial charge >= 0.3 is 6.18 Å². The van der Waals surface area contributed by atoms with Crippen LogP contribution < -0.4 is 9.64 Å². The minimum Gasteiger partial charge on any atom is -0.495 e. The summed E-state index contributed by atoms with van der Waals surface area (Å²) in [6.07, 6.45) is -4.56. The van der Waals surface area contributed by atoms with Crippen molar-refractivity contribution in [1.82, 2.24) is 14.7 Å². The molecule has 1 fully saturated rings. The SMILES string of the molecule is COc1cc(N2CCN(C(=O)Cn3nc(C(F)(F)F)cc3C)CC2)c(F)cc1Cl. The second-order valence-corrected chi connectivity index (χ2v) is 7.04. The van der Waals surface area contributed by atoms with Crippen molar-refractivity contribution in [3.8, 4) is 5.75 Å². The first-order valence-corrected chi connectivity index (χ1v) is 9.15. The fourth-order valence-corrected chi connectivity index (χ4v) is 3.38. The van der Waals surface area contributed by atoms with Crippen LogP contribution in [-0.4, -0.2) is 53.9 Å². The number of aryl methyl sites for hydroxylation is 1. The number of piperazine rings is 1. The minimum atomic E-state index is -4.56. The third kappa shape index (κ3) is 4.58. The van der Waals surface area contributed by atoms with Crippen LogP contribution in [0.25, 0.3) is 0 Å². The molecule has 29 heavy (non-hydrogen) atoms. The molecule has 0 saturated carbocycles. The van der Waals surface area contributed by atoms with E-state index in [4.69, 9.17) is 16.3 Å². The first-order chi connectivity index (χ1) is 13.6. The summed E-state index contributed by atoms with van der Waals surface area (Å²) >= 11 is 5.91. The standard InChI is InChI=1S/C18H19ClF4N4O2/c1-11-7-16(18(21,22)23)24-27(11)10-17(28)26-5-3-25(4-6-26)14-9-15(29-2)12(19)8-13(14)20/h7-9H,3-6,10H2,1-2H3. The van der Waals surface area contributed by atoms with Crippen molar-refractivity contribution in [2.75, 3.05) is 38.2 Å². The van der Waals surface area contributed by atoms with Gasteiger partial charge in [-0.05, 0) is 19.1 Å². The van der Waals surface area contributed by atoms with E-state index in [9.17, 15) is 22.4 Å². The van der Waals surface area contributed by atoms with Crippen molar-refractivity contribution >= 4 is 23.2 Å². The van der Waals surface area contributed by atoms with Crippen molar-refractivity contribution < 1.29 is 27.1 Å². The van der Waals surface area contributed by atoms with Crippen molar-refractivity contribution in [2.45, 2.75) is 19.6 Å². The zero-order valence-electron chi connectivity index (χ0n) is 15.8. The van der Waals surface area contributed by atoms with E-state index in [1.165, 1.54) is 31.1 Å². The molecule has 0 bridgehead atoms. The van der Waals surface area contributed by atoms with Gasteiger partial charge in [0.2, 0.25) is 5.91 Å². The Labute approximate surface area is 169 Å². The highest BCUT2D eigenvalue weighted by molar-refractivity contribution is 6.32. The molecule has 1 aliphatic rings. The molecule has 1 saturated heterocycles. The van der Waals surface area contributed by atoms with Crippen molar-refractivity contribution in [1.29, 1.82) is 0 Å². The zero-order chi connectivity index (χ0) is 21.3. The van der Waals surface area contributed by atoms with Crippen molar-refractivity contribution in [3.05, 3.63) is 40.4 Å². The van der Waals surface area contributed by atoms with E-state index in [0.29, 0.717) is 37.6 Å². The molecule has 6 nitrogen and oxygen atoms in total. The first kappa shape index (κ1) is 21.2. The van der Waals surface area contributed by atoms with Crippen molar-refractivity contribution in [3.63, 3.8) is 0 Å². The van der Waals surface area contributed by atoms with Crippen LogP contribution in [0.1, 0.15) is 11.4 Å². The molecule has 1 aromatic heterocycles. The maximum Gasteiger partial charge on any atom is 0.435 e. The van der Waals surface area contributed by atoms with Crippen LogP contribution in [0.3, 0.4) is 0 Å². The monoisotopic (exact) mass is 434 g/mol. The molecule has 2 aromatic rings. The Balaban J connectivity index is 1.64. The number of rotatable bonds is 4. The Kier molecular flexibility index (Phi) is 5.92. The molecule has 1 aliphatic heterocycles. The lowest BCUT2D eigenvalue weighted by atomic mass is 10.2. The molecule has 1 amide bonds. The van der Waals surface area contributed by atoms with Gasteiger partial charge in [0.1, 0.15) is 18.1 Å². The number of carbonyl (C=O) groups is 1. The minimum absolute atomic E-state index is 0.162. The summed E-state index contributed by atoms with van der Waals surface area (Å²) in [6, 6.07) is 3.58. The van der Waals surface area contributed by atoms with Gasteiger partial charge in [-0.25, -0.2) is 4.39 Å². The maximum atomic E-state index is 14.3. The summed E-state index contributed by atoms with van der Waals surface area (Å²) in [5.74, 6) is -0.502. The van der Waals surface area contributed by atoms with E-state index in [1.54, 1.807) is 4.90 Å². The molecule has 0 radical (unpaired) electrons. The van der Waals surface area contributed by atoms with Crippen LogP contribution in [0.2, 0.25) is 5.02 Å². The second-order valence-electron chi connectivity index (χ2n) is 6.63. The number of aromatic nitrogens is 2. The van der Waals surface area contributed by atoms with Gasteiger partial charge in [0, 0.05) is 37.9 Å². The molecule has 2 heterocycles. The van der Waals surface area contributed by atoms with E-state index in [1.807, 2.05) is 0 Å². The fourth-order valence-electron chi connectivity index (χ4n) is 3.15. The van der Waals surface area contributed by atoms with Crippen LogP contribution >= 0.6 is 11.6 Å². The van der Waals surface area contributed by atoms with E-state index < -0.39 is 17.7 Å². The molecule has 1 aromatic carbocycles. The summed E-state index contributed by atoms with van der Waals surface area (Å²) in [5, 5.41) is 3.64. The topological polar surface area (TPSA) is 50.6 Å². The lowest BCUT2D eigenvalue weighted by Crippen LogP contribution is -2.50. The Morgan fingerprint density at radius 3 is 2.41 bits per heavy atom. The van der Waals surface area contributed by atoms with Crippen molar-refractivity contribution in [2.24, 2.45) is 0 Å². The smallest absolute Gasteiger partial charge is 0.435 e. The van der Waals surface area contributed by atoms with Crippen LogP contribution in [0.4, 0.5) is 23.2 Å². The molecule has 0 unspecified atom stereocenters. The number of halogens is 5. The highest BCUT2D eigenvalue weighted by Gasteiger charge is 2.35. The fraction of sp³-hybridized carbons (Fsp3) is 0.444. The number of hydrogen-bond acceptors (Lipinski definition) is 4. The van der Waals surface area contributed by atoms with Crippen LogP contribution in [0, 0.1) is 12.7 Å². The zero-order valence-corrected chi connectivity index (χ0v) is 16.5. The number of ether oxygens (including phenoxy) is 1. The normalized spacial score (nSPS) is 15.0. The summed E-state index contributed by atoms with van der Waals surface area (Å²) in [6.45, 7) is 2.50. The molecule has 11 heteroatoms. The van der Waals surface area contributed by atoms with Gasteiger partial charge in [-0.1, -0.05) is 11.6 Å². The summed E-state index contributed by atoms with van der Waals surface area (Å²) in [4.78, 5) is 15.8. The molecular formula is C18H19ClF4N4O2. The van der Waals surface area contributed by atoms with Gasteiger partial charge in [-0.15, -0.1) is 0 Å². The van der Waals surface area contributed by atoms with Gasteiger partial charge in [-0.3, -0.25) is 9.48 Å². The predicted molar refractivity (Wildman–Crippen MR) is 98.7 cm³/mol. The molecular weight excluding hydrogens is 416 g/mol. The summed E-state index contributed by atoms with van der Waals surface area (Å²) < 4.78 is 58.7. The summed E-state index contributed by atoms with van der Waals surface area (Å²) in [7, 11) is 1.43. The third-order valence-corrected chi connectivity index (χ3v) is 5.05. The lowest BCUT2D eigenvalue weighted by molar-refractivity contribution is -0.142. The van der Waals surface area contributed by atoms with Crippen LogP contribution in [0.5, 0.6) is 5.75 Å². The Morgan fingerprint density at radius 2 is 1.86 bits per heavy atom. The van der Waals surface area contributed by atoms with Gasteiger partial charge in [0.25, 0.3) is 0 Å². The van der Waals surface area contributed by atoms with E-state index in [0.717, 1.165) is 10.7 Å². The van der Waals surface area contributed by atoms with Gasteiger partial charge < -0.3 is 14.5 Å². The molecule has 0 atom stereocenters. The third-order valence-electron chi connectivity index (χ3n) is 4.75. The lowest BCUT2D eigenvalue weighted by Gasteiger charge is -2.36. The average Bonchev–Trinajstić information content (AvgIpc) is 3.03. The first-order valence-electron chi connectivity index (χ1n) is 8.77. The number of hydrogen-bond donors (Lipinski definition) is 0. The summed E-state index contributed by atoms with van der Waals surface area (Å²) in [5.41, 5.74) is -0.462. The number of alkyl halides is 3. The Bertz CT molecular complexity index is 908. The highest BCUT2D eigenvalue weighted by Crippen LogP contribution is 2.33. The number of benzene rings is 1. The molecule has 0 spiro atoms. The van der Waals surface area contributed by atoms with Crippen LogP contribution in [-0.2, 0) is 17.5 Å². The maximum absolute atomic E-state index is 14.3. The Hall–Kier alpha value is -2.49. The van der Waals surface area contributed by atoms with Crippen LogP contribution in [0.15, 0.2) is 18.2 Å². The second kappa shape index (κ2) is 8.10. The van der Waals surface area contributed by atoms with E-state index in [2.05, 4.69) is 5.10 Å². The molecule has 0 N–H and O–H groups in total. The largest absolute Gasteiger partial charge is 0.495 e. The quantitative estimate of drug-likeness (QED) is 0.692. The average molecular weight is 435 g/mol.